The van der Waals surface area contributed by atoms with E-state index in [-0.39, 0.29) is 24.4 Å². The Morgan fingerprint density at radius 1 is 1.20 bits per heavy atom. The molecule has 1 aromatic carbocycles. The summed E-state index contributed by atoms with van der Waals surface area (Å²) in [5.41, 5.74) is 1.05. The molecule has 0 aliphatic carbocycles. The zero-order chi connectivity index (χ0) is 16.5. The second-order valence-corrected chi connectivity index (χ2v) is 7.16. The van der Waals surface area contributed by atoms with Crippen molar-refractivity contribution in [2.24, 2.45) is 0 Å². The highest BCUT2D eigenvalue weighted by molar-refractivity contribution is 7.17. The summed E-state index contributed by atoms with van der Waals surface area (Å²) < 4.78 is 11.2. The van der Waals surface area contributed by atoms with Crippen molar-refractivity contribution >= 4 is 29.7 Å². The van der Waals surface area contributed by atoms with Crippen molar-refractivity contribution in [1.82, 2.24) is 10.2 Å². The average Bonchev–Trinajstić information content (AvgIpc) is 3.11. The fourth-order valence-corrected chi connectivity index (χ4v) is 4.05. The molecule has 1 fully saturated rings. The van der Waals surface area contributed by atoms with Gasteiger partial charge >= 0.3 is 0 Å². The molecule has 2 aliphatic heterocycles. The second-order valence-electron chi connectivity index (χ2n) is 6.07. The maximum atomic E-state index is 12.8. The molecule has 1 amide bonds. The number of hydrogen-bond donors (Lipinski definition) is 1. The fraction of sp³-hybridized carbons (Fsp3) is 0.389. The number of nitrogens with one attached hydrogen (secondary N) is 1. The molecule has 1 saturated heterocycles. The normalized spacial score (nSPS) is 19.2. The fourth-order valence-electron chi connectivity index (χ4n) is 3.09. The second kappa shape index (κ2) is 7.64. The molecule has 7 heteroatoms. The van der Waals surface area contributed by atoms with Gasteiger partial charge in [0.25, 0.3) is 5.91 Å². The van der Waals surface area contributed by atoms with Gasteiger partial charge in [-0.3, -0.25) is 4.79 Å². The van der Waals surface area contributed by atoms with E-state index < -0.39 is 0 Å². The van der Waals surface area contributed by atoms with E-state index in [0.717, 1.165) is 46.5 Å². The molecule has 3 heterocycles. The van der Waals surface area contributed by atoms with Gasteiger partial charge in [0, 0.05) is 30.6 Å². The number of amides is 1. The first-order chi connectivity index (χ1) is 11.7. The van der Waals surface area contributed by atoms with Crippen molar-refractivity contribution in [3.05, 3.63) is 35.2 Å². The zero-order valence-corrected chi connectivity index (χ0v) is 15.6. The lowest BCUT2D eigenvalue weighted by Gasteiger charge is -2.33. The molecule has 1 aromatic heterocycles. The van der Waals surface area contributed by atoms with Crippen LogP contribution in [0.5, 0.6) is 11.5 Å². The van der Waals surface area contributed by atoms with Crippen LogP contribution in [0.15, 0.2) is 30.3 Å². The molecule has 1 N–H and O–H groups in total. The van der Waals surface area contributed by atoms with Gasteiger partial charge in [-0.2, -0.15) is 0 Å². The van der Waals surface area contributed by atoms with Gasteiger partial charge in [0.2, 0.25) is 0 Å². The van der Waals surface area contributed by atoms with E-state index in [4.69, 9.17) is 9.47 Å². The summed E-state index contributed by atoms with van der Waals surface area (Å²) in [5.74, 6) is 1.68. The highest BCUT2D eigenvalue weighted by Gasteiger charge is 2.25. The molecule has 2 aromatic rings. The highest BCUT2D eigenvalue weighted by Crippen LogP contribution is 2.37. The first-order valence-electron chi connectivity index (χ1n) is 8.24. The van der Waals surface area contributed by atoms with Crippen LogP contribution in [0.4, 0.5) is 0 Å². The van der Waals surface area contributed by atoms with E-state index >= 15 is 0 Å². The number of carbonyl (C=O) groups excluding carboxylic acids is 1. The Bertz CT molecular complexity index is 765. The molecule has 2 aliphatic rings. The zero-order valence-electron chi connectivity index (χ0n) is 14.0. The minimum atomic E-state index is 0. The molecule has 0 bridgehead atoms. The maximum absolute atomic E-state index is 12.8. The number of halogens is 1. The molecule has 0 unspecified atom stereocenters. The van der Waals surface area contributed by atoms with Crippen molar-refractivity contribution in [2.45, 2.75) is 13.0 Å². The summed E-state index contributed by atoms with van der Waals surface area (Å²) >= 11 is 1.53. The average molecular weight is 381 g/mol. The van der Waals surface area contributed by atoms with Crippen LogP contribution in [-0.4, -0.2) is 49.7 Å². The van der Waals surface area contributed by atoms with Gasteiger partial charge in [-0.25, -0.2) is 0 Å². The lowest BCUT2D eigenvalue weighted by Crippen LogP contribution is -2.52. The Balaban J connectivity index is 0.00000182. The molecule has 25 heavy (non-hydrogen) atoms. The van der Waals surface area contributed by atoms with Gasteiger partial charge in [-0.15, -0.1) is 23.7 Å². The van der Waals surface area contributed by atoms with Crippen molar-refractivity contribution in [3.63, 3.8) is 0 Å². The molecule has 4 rings (SSSR count). The molecule has 134 valence electrons. The van der Waals surface area contributed by atoms with Crippen molar-refractivity contribution in [1.29, 1.82) is 0 Å². The Labute approximate surface area is 157 Å². The van der Waals surface area contributed by atoms with Gasteiger partial charge in [-0.1, -0.05) is 0 Å². The monoisotopic (exact) mass is 380 g/mol. The van der Waals surface area contributed by atoms with Crippen LogP contribution in [0.3, 0.4) is 0 Å². The number of rotatable bonds is 2. The first-order valence-corrected chi connectivity index (χ1v) is 9.05. The van der Waals surface area contributed by atoms with Crippen LogP contribution in [0.25, 0.3) is 10.4 Å². The van der Waals surface area contributed by atoms with Gasteiger partial charge < -0.3 is 19.7 Å². The van der Waals surface area contributed by atoms with Gasteiger partial charge in [0.05, 0.1) is 4.88 Å². The molecular formula is C18H21ClN2O3S. The Morgan fingerprint density at radius 2 is 2.00 bits per heavy atom. The first kappa shape index (κ1) is 18.0. The Hall–Kier alpha value is -1.76. The van der Waals surface area contributed by atoms with Crippen LogP contribution >= 0.6 is 23.7 Å². The summed E-state index contributed by atoms with van der Waals surface area (Å²) in [6.45, 7) is 5.72. The smallest absolute Gasteiger partial charge is 0.264 e. The minimum Gasteiger partial charge on any atom is -0.486 e. The predicted molar refractivity (Wildman–Crippen MR) is 101 cm³/mol. The Morgan fingerprint density at radius 3 is 2.80 bits per heavy atom. The topological polar surface area (TPSA) is 50.8 Å². The van der Waals surface area contributed by atoms with E-state index in [1.807, 2.05) is 35.2 Å². The number of hydrogen-bond acceptors (Lipinski definition) is 5. The van der Waals surface area contributed by atoms with Gasteiger partial charge in [0.15, 0.2) is 11.5 Å². The molecule has 0 spiro atoms. The molecule has 5 nitrogen and oxygen atoms in total. The lowest BCUT2D eigenvalue weighted by atomic mass is 10.1. The van der Waals surface area contributed by atoms with Crippen LogP contribution < -0.4 is 14.8 Å². The van der Waals surface area contributed by atoms with Crippen LogP contribution in [-0.2, 0) is 0 Å². The summed E-state index contributed by atoms with van der Waals surface area (Å²) in [6.07, 6.45) is 0. The highest BCUT2D eigenvalue weighted by atomic mass is 35.5. The molecular weight excluding hydrogens is 360 g/mol. The summed E-state index contributed by atoms with van der Waals surface area (Å²) in [6, 6.07) is 10.1. The van der Waals surface area contributed by atoms with Crippen molar-refractivity contribution in [2.75, 3.05) is 32.8 Å². The van der Waals surface area contributed by atoms with Crippen LogP contribution in [0.1, 0.15) is 16.6 Å². The number of ether oxygens (including phenoxy) is 2. The predicted octanol–water partition coefficient (Wildman–Crippen LogP) is 3.04. The van der Waals surface area contributed by atoms with E-state index in [9.17, 15) is 4.79 Å². The number of nitrogens with zero attached hydrogens (tertiary/aromatic N) is 1. The van der Waals surface area contributed by atoms with Gasteiger partial charge in [-0.05, 0) is 42.8 Å². The van der Waals surface area contributed by atoms with Crippen LogP contribution in [0, 0.1) is 0 Å². The standard InChI is InChI=1S/C18H20N2O3S.ClH/c1-12-11-19-6-7-20(12)18(21)17-5-4-16(24-17)13-2-3-14-15(10-13)23-9-8-22-14;/h2-5,10,12,19H,6-9,11H2,1H3;1H/t12-;/m1./s1. The quantitative estimate of drug-likeness (QED) is 0.870. The summed E-state index contributed by atoms with van der Waals surface area (Å²) in [5, 5.41) is 3.31. The number of benzene rings is 1. The third-order valence-corrected chi connectivity index (χ3v) is 5.53. The number of fused-ring (bicyclic) bond motifs is 1. The van der Waals surface area contributed by atoms with E-state index in [2.05, 4.69) is 12.2 Å². The van der Waals surface area contributed by atoms with E-state index in [1.165, 1.54) is 11.3 Å². The van der Waals surface area contributed by atoms with E-state index in [0.29, 0.717) is 13.2 Å². The third kappa shape index (κ3) is 3.61. The van der Waals surface area contributed by atoms with Crippen LogP contribution in [0.2, 0.25) is 0 Å². The lowest BCUT2D eigenvalue weighted by molar-refractivity contribution is 0.0661. The third-order valence-electron chi connectivity index (χ3n) is 4.41. The molecule has 1 atom stereocenters. The number of carbonyl (C=O) groups is 1. The largest absolute Gasteiger partial charge is 0.486 e. The van der Waals surface area contributed by atoms with Crippen molar-refractivity contribution < 1.29 is 14.3 Å². The van der Waals surface area contributed by atoms with E-state index in [1.54, 1.807) is 0 Å². The number of thiophene rings is 1. The Kier molecular flexibility index (Phi) is 5.51. The van der Waals surface area contributed by atoms with Gasteiger partial charge in [0.1, 0.15) is 13.2 Å². The summed E-state index contributed by atoms with van der Waals surface area (Å²) in [4.78, 5) is 16.6. The van der Waals surface area contributed by atoms with Crippen molar-refractivity contribution in [3.8, 4) is 21.9 Å². The minimum absolute atomic E-state index is 0. The number of piperazine rings is 1. The maximum Gasteiger partial charge on any atom is 0.264 e. The molecule has 0 saturated carbocycles. The molecule has 0 radical (unpaired) electrons. The SMILES string of the molecule is C[C@@H]1CNCCN1C(=O)c1ccc(-c2ccc3c(c2)OCCO3)s1.Cl. The summed E-state index contributed by atoms with van der Waals surface area (Å²) in [7, 11) is 0.